The van der Waals surface area contributed by atoms with Crippen molar-refractivity contribution < 1.29 is 24.0 Å². The standard InChI is InChI=1S/C18H23N3O5S2/c1-2-5-13(12-18(25)26-21-16(23)7-8-17(21)24)20-14(22)9-11-27-28-15-6-3-4-10-19-15/h3-4,6,10,13H,2,5,7-9,11-12H2,1H3,(H,20,22). The number of carbonyl (C=O) groups is 4. The van der Waals surface area contributed by atoms with Crippen LogP contribution < -0.4 is 5.32 Å². The highest BCUT2D eigenvalue weighted by Gasteiger charge is 2.33. The molecular formula is C18H23N3O5S2. The van der Waals surface area contributed by atoms with Gasteiger partial charge in [0.05, 0.1) is 6.42 Å². The Labute approximate surface area is 171 Å². The molecule has 0 saturated carbocycles. The maximum atomic E-state index is 12.1. The average Bonchev–Trinajstić information content (AvgIpc) is 2.98. The van der Waals surface area contributed by atoms with Crippen LogP contribution in [0.4, 0.5) is 0 Å². The van der Waals surface area contributed by atoms with E-state index in [-0.39, 0.29) is 25.2 Å². The molecule has 0 bridgehead atoms. The molecule has 2 rings (SSSR count). The minimum Gasteiger partial charge on any atom is -0.353 e. The van der Waals surface area contributed by atoms with Crippen LogP contribution in [0, 0.1) is 0 Å². The van der Waals surface area contributed by atoms with E-state index in [1.807, 2.05) is 25.1 Å². The molecule has 2 heterocycles. The summed E-state index contributed by atoms with van der Waals surface area (Å²) in [7, 11) is 3.03. The van der Waals surface area contributed by atoms with E-state index in [0.717, 1.165) is 11.4 Å². The Kier molecular flexibility index (Phi) is 9.29. The third-order valence-electron chi connectivity index (χ3n) is 3.81. The first-order valence-electron chi connectivity index (χ1n) is 9.06. The normalized spacial score (nSPS) is 14.8. The van der Waals surface area contributed by atoms with Crippen molar-refractivity contribution in [3.8, 4) is 0 Å². The topological polar surface area (TPSA) is 106 Å². The van der Waals surface area contributed by atoms with Crippen molar-refractivity contribution in [3.63, 3.8) is 0 Å². The molecule has 1 unspecified atom stereocenters. The number of rotatable bonds is 11. The largest absolute Gasteiger partial charge is 0.353 e. The van der Waals surface area contributed by atoms with E-state index in [2.05, 4.69) is 10.3 Å². The highest BCUT2D eigenvalue weighted by atomic mass is 33.1. The summed E-state index contributed by atoms with van der Waals surface area (Å²) in [5, 5.41) is 4.24. The fraction of sp³-hybridized carbons (Fsp3) is 0.500. The Balaban J connectivity index is 1.71. The summed E-state index contributed by atoms with van der Waals surface area (Å²) < 4.78 is 0. The summed E-state index contributed by atoms with van der Waals surface area (Å²) in [5.41, 5.74) is 0. The van der Waals surface area contributed by atoms with Crippen LogP contribution >= 0.6 is 21.6 Å². The molecule has 0 spiro atoms. The van der Waals surface area contributed by atoms with Crippen LogP contribution in [-0.2, 0) is 24.0 Å². The van der Waals surface area contributed by atoms with Gasteiger partial charge in [-0.25, -0.2) is 9.78 Å². The smallest absolute Gasteiger partial charge is 0.335 e. The van der Waals surface area contributed by atoms with Gasteiger partial charge in [0.2, 0.25) is 5.91 Å². The molecule has 28 heavy (non-hydrogen) atoms. The summed E-state index contributed by atoms with van der Waals surface area (Å²) in [6.07, 6.45) is 3.40. The van der Waals surface area contributed by atoms with Gasteiger partial charge < -0.3 is 10.2 Å². The first-order valence-corrected chi connectivity index (χ1v) is 11.4. The zero-order chi connectivity index (χ0) is 20.4. The van der Waals surface area contributed by atoms with Crippen LogP contribution in [0.5, 0.6) is 0 Å². The van der Waals surface area contributed by atoms with Crippen LogP contribution in [0.3, 0.4) is 0 Å². The molecule has 8 nitrogen and oxygen atoms in total. The lowest BCUT2D eigenvalue weighted by Crippen LogP contribution is -2.39. The van der Waals surface area contributed by atoms with Gasteiger partial charge in [-0.05, 0) is 29.3 Å². The minimum absolute atomic E-state index is 0.0510. The second-order valence-electron chi connectivity index (χ2n) is 6.13. The Morgan fingerprint density at radius 2 is 2.04 bits per heavy atom. The Morgan fingerprint density at radius 1 is 1.29 bits per heavy atom. The van der Waals surface area contributed by atoms with Crippen molar-refractivity contribution in [1.29, 1.82) is 0 Å². The second kappa shape index (κ2) is 11.7. The quantitative estimate of drug-likeness (QED) is 0.327. The fourth-order valence-electron chi connectivity index (χ4n) is 2.50. The predicted octanol–water partition coefficient (Wildman–Crippen LogP) is 2.49. The Morgan fingerprint density at radius 3 is 2.68 bits per heavy atom. The van der Waals surface area contributed by atoms with Gasteiger partial charge in [-0.1, -0.05) is 30.2 Å². The van der Waals surface area contributed by atoms with Crippen molar-refractivity contribution in [2.75, 3.05) is 5.75 Å². The number of nitrogens with zero attached hydrogens (tertiary/aromatic N) is 2. The fourth-order valence-corrected chi connectivity index (χ4v) is 4.37. The van der Waals surface area contributed by atoms with E-state index in [0.29, 0.717) is 23.7 Å². The highest BCUT2D eigenvalue weighted by molar-refractivity contribution is 8.76. The number of hydroxylamine groups is 2. The van der Waals surface area contributed by atoms with Crippen LogP contribution in [0.25, 0.3) is 0 Å². The molecule has 3 amide bonds. The molecule has 0 aromatic carbocycles. The lowest BCUT2D eigenvalue weighted by molar-refractivity contribution is -0.197. The third kappa shape index (κ3) is 7.51. The van der Waals surface area contributed by atoms with Gasteiger partial charge in [0, 0.05) is 37.3 Å². The Bertz CT molecular complexity index is 686. The first-order chi connectivity index (χ1) is 13.5. The van der Waals surface area contributed by atoms with Crippen molar-refractivity contribution in [3.05, 3.63) is 24.4 Å². The molecule has 1 aromatic heterocycles. The van der Waals surface area contributed by atoms with Crippen molar-refractivity contribution in [1.82, 2.24) is 15.4 Å². The molecule has 1 aliphatic heterocycles. The van der Waals surface area contributed by atoms with Crippen molar-refractivity contribution in [2.45, 2.75) is 56.5 Å². The number of carbonyl (C=O) groups excluding carboxylic acids is 4. The first kappa shape index (κ1) is 22.2. The summed E-state index contributed by atoms with van der Waals surface area (Å²) in [5.74, 6) is -1.29. The molecule has 1 aromatic rings. The molecule has 1 aliphatic rings. The number of amides is 3. The van der Waals surface area contributed by atoms with Crippen LogP contribution in [0.2, 0.25) is 0 Å². The lowest BCUT2D eigenvalue weighted by Gasteiger charge is -2.19. The van der Waals surface area contributed by atoms with E-state index in [4.69, 9.17) is 4.84 Å². The average molecular weight is 426 g/mol. The summed E-state index contributed by atoms with van der Waals surface area (Å²) in [6.45, 7) is 1.94. The summed E-state index contributed by atoms with van der Waals surface area (Å²) in [4.78, 5) is 56.3. The molecule has 0 aliphatic carbocycles. The van der Waals surface area contributed by atoms with Gasteiger partial charge in [-0.2, -0.15) is 0 Å². The maximum Gasteiger partial charge on any atom is 0.335 e. The molecule has 1 saturated heterocycles. The summed E-state index contributed by atoms with van der Waals surface area (Å²) >= 11 is 0. The minimum atomic E-state index is -0.706. The Hall–Kier alpha value is -2.07. The number of hydrogen-bond acceptors (Lipinski definition) is 8. The van der Waals surface area contributed by atoms with E-state index >= 15 is 0 Å². The van der Waals surface area contributed by atoms with Gasteiger partial charge in [0.1, 0.15) is 5.03 Å². The zero-order valence-electron chi connectivity index (χ0n) is 15.6. The molecule has 1 atom stereocenters. The van der Waals surface area contributed by atoms with E-state index in [1.165, 1.54) is 21.6 Å². The number of nitrogens with one attached hydrogen (secondary N) is 1. The number of imide groups is 1. The molecular weight excluding hydrogens is 402 g/mol. The maximum absolute atomic E-state index is 12.1. The number of pyridine rings is 1. The van der Waals surface area contributed by atoms with Gasteiger partial charge in [0.15, 0.2) is 0 Å². The SMILES string of the molecule is CCCC(CC(=O)ON1C(=O)CCC1=O)NC(=O)CCSSc1ccccn1. The molecule has 152 valence electrons. The van der Waals surface area contributed by atoms with E-state index < -0.39 is 23.8 Å². The van der Waals surface area contributed by atoms with Crippen LogP contribution in [-0.4, -0.2) is 45.5 Å². The van der Waals surface area contributed by atoms with Crippen LogP contribution in [0.15, 0.2) is 29.4 Å². The van der Waals surface area contributed by atoms with E-state index in [9.17, 15) is 19.2 Å². The third-order valence-corrected chi connectivity index (χ3v) is 6.08. The summed E-state index contributed by atoms with van der Waals surface area (Å²) in [6, 6.07) is 5.25. The van der Waals surface area contributed by atoms with Crippen LogP contribution in [0.1, 0.15) is 45.4 Å². The van der Waals surface area contributed by atoms with Crippen molar-refractivity contribution in [2.24, 2.45) is 0 Å². The van der Waals surface area contributed by atoms with Gasteiger partial charge in [-0.3, -0.25) is 14.4 Å². The monoisotopic (exact) mass is 425 g/mol. The molecule has 1 fully saturated rings. The number of aromatic nitrogens is 1. The number of hydrogen-bond donors (Lipinski definition) is 1. The molecule has 1 N–H and O–H groups in total. The van der Waals surface area contributed by atoms with E-state index in [1.54, 1.807) is 6.20 Å². The van der Waals surface area contributed by atoms with Crippen molar-refractivity contribution >= 4 is 45.3 Å². The second-order valence-corrected chi connectivity index (χ2v) is 8.56. The van der Waals surface area contributed by atoms with Gasteiger partial charge >= 0.3 is 5.97 Å². The zero-order valence-corrected chi connectivity index (χ0v) is 17.2. The molecule has 0 radical (unpaired) electrons. The molecule has 10 heteroatoms. The van der Waals surface area contributed by atoms with Gasteiger partial charge in [0.25, 0.3) is 11.8 Å². The highest BCUT2D eigenvalue weighted by Crippen LogP contribution is 2.29. The van der Waals surface area contributed by atoms with Gasteiger partial charge in [-0.15, -0.1) is 5.06 Å². The predicted molar refractivity (Wildman–Crippen MR) is 106 cm³/mol. The lowest BCUT2D eigenvalue weighted by atomic mass is 10.1.